The Balaban J connectivity index is 1.61. The van der Waals surface area contributed by atoms with E-state index in [1.165, 1.54) is 17.4 Å². The summed E-state index contributed by atoms with van der Waals surface area (Å²) in [5, 5.41) is 0. The zero-order valence-corrected chi connectivity index (χ0v) is 14.6. The van der Waals surface area contributed by atoms with Gasteiger partial charge in [-0.15, -0.1) is 11.3 Å². The molecular formula is C18H17ClFNO2S. The van der Waals surface area contributed by atoms with Gasteiger partial charge in [0.25, 0.3) is 0 Å². The maximum atomic E-state index is 13.8. The molecule has 1 heterocycles. The van der Waals surface area contributed by atoms with Gasteiger partial charge < -0.3 is 4.90 Å². The second-order valence-electron chi connectivity index (χ2n) is 5.87. The maximum Gasteiger partial charge on any atom is 0.223 e. The molecule has 1 saturated carbocycles. The van der Waals surface area contributed by atoms with Crippen LogP contribution in [0.25, 0.3) is 0 Å². The fourth-order valence-electron chi connectivity index (χ4n) is 2.57. The first kappa shape index (κ1) is 17.1. The van der Waals surface area contributed by atoms with Crippen LogP contribution in [0.4, 0.5) is 4.39 Å². The molecule has 0 spiro atoms. The Labute approximate surface area is 149 Å². The van der Waals surface area contributed by atoms with Crippen molar-refractivity contribution in [2.24, 2.45) is 0 Å². The van der Waals surface area contributed by atoms with Crippen LogP contribution in [0.1, 0.15) is 40.9 Å². The van der Waals surface area contributed by atoms with E-state index < -0.39 is 0 Å². The highest BCUT2D eigenvalue weighted by Gasteiger charge is 2.33. The Morgan fingerprint density at radius 1 is 1.17 bits per heavy atom. The van der Waals surface area contributed by atoms with E-state index in [2.05, 4.69) is 0 Å². The van der Waals surface area contributed by atoms with Gasteiger partial charge in [0.2, 0.25) is 5.91 Å². The molecule has 0 N–H and O–H groups in total. The van der Waals surface area contributed by atoms with Gasteiger partial charge in [-0.2, -0.15) is 0 Å². The lowest BCUT2D eigenvalue weighted by Crippen LogP contribution is -2.33. The number of hydrogen-bond acceptors (Lipinski definition) is 3. The topological polar surface area (TPSA) is 37.4 Å². The van der Waals surface area contributed by atoms with Gasteiger partial charge in [-0.05, 0) is 31.0 Å². The lowest BCUT2D eigenvalue weighted by molar-refractivity contribution is -0.132. The van der Waals surface area contributed by atoms with E-state index >= 15 is 0 Å². The number of carbonyl (C=O) groups excluding carboxylic acids is 2. The van der Waals surface area contributed by atoms with Crippen molar-refractivity contribution in [1.29, 1.82) is 0 Å². The molecule has 0 unspecified atom stereocenters. The van der Waals surface area contributed by atoms with Gasteiger partial charge in [-0.3, -0.25) is 9.59 Å². The summed E-state index contributed by atoms with van der Waals surface area (Å²) in [5.74, 6) is -0.487. The third kappa shape index (κ3) is 4.22. The zero-order chi connectivity index (χ0) is 17.1. The average Bonchev–Trinajstić information content (AvgIpc) is 3.32. The Morgan fingerprint density at radius 3 is 2.54 bits per heavy atom. The van der Waals surface area contributed by atoms with Crippen LogP contribution in [0.3, 0.4) is 0 Å². The third-order valence-electron chi connectivity index (χ3n) is 4.02. The summed E-state index contributed by atoms with van der Waals surface area (Å²) >= 11 is 7.05. The molecule has 0 saturated heterocycles. The molecule has 0 radical (unpaired) electrons. The Bertz CT molecular complexity index is 757. The van der Waals surface area contributed by atoms with Crippen LogP contribution in [0.5, 0.6) is 0 Å². The van der Waals surface area contributed by atoms with E-state index in [9.17, 15) is 14.0 Å². The first-order valence-corrected chi connectivity index (χ1v) is 9.05. The van der Waals surface area contributed by atoms with Crippen molar-refractivity contribution in [3.8, 4) is 0 Å². The molecule has 1 aliphatic carbocycles. The fourth-order valence-corrected chi connectivity index (χ4v) is 3.58. The monoisotopic (exact) mass is 365 g/mol. The fraction of sp³-hybridized carbons (Fsp3) is 0.333. The predicted octanol–water partition coefficient (Wildman–Crippen LogP) is 4.69. The molecule has 1 aliphatic rings. The van der Waals surface area contributed by atoms with Gasteiger partial charge in [0.1, 0.15) is 5.82 Å². The first-order chi connectivity index (χ1) is 11.5. The van der Waals surface area contributed by atoms with Gasteiger partial charge in [-0.25, -0.2) is 4.39 Å². The van der Waals surface area contributed by atoms with Crippen LogP contribution >= 0.6 is 22.9 Å². The summed E-state index contributed by atoms with van der Waals surface area (Å²) in [4.78, 5) is 26.9. The number of hydrogen-bond donors (Lipinski definition) is 0. The quantitative estimate of drug-likeness (QED) is 0.667. The van der Waals surface area contributed by atoms with Gasteiger partial charge >= 0.3 is 0 Å². The molecule has 0 aliphatic heterocycles. The third-order valence-corrected chi connectivity index (χ3v) is 5.29. The highest BCUT2D eigenvalue weighted by atomic mass is 35.5. The van der Waals surface area contributed by atoms with Crippen LogP contribution in [-0.2, 0) is 11.3 Å². The predicted molar refractivity (Wildman–Crippen MR) is 92.9 cm³/mol. The Morgan fingerprint density at radius 2 is 1.92 bits per heavy atom. The van der Waals surface area contributed by atoms with E-state index in [-0.39, 0.29) is 42.9 Å². The normalized spacial score (nSPS) is 13.8. The number of carbonyl (C=O) groups is 2. The van der Waals surface area contributed by atoms with Crippen LogP contribution in [0.15, 0.2) is 36.4 Å². The SMILES string of the molecule is O=C(CCC(=O)N(Cc1ccccc1F)C1CC1)c1ccc(Cl)s1. The lowest BCUT2D eigenvalue weighted by Gasteiger charge is -2.22. The lowest BCUT2D eigenvalue weighted by atomic mass is 10.1. The standard InChI is InChI=1S/C18H17ClFNO2S/c19-17-9-8-16(24-17)15(22)7-10-18(23)21(13-5-6-13)11-12-3-1-2-4-14(12)20/h1-4,8-9,13H,5-7,10-11H2. The molecular weight excluding hydrogens is 349 g/mol. The number of nitrogens with zero attached hydrogens (tertiary/aromatic N) is 1. The molecule has 6 heteroatoms. The summed E-state index contributed by atoms with van der Waals surface area (Å²) in [6.07, 6.45) is 2.17. The molecule has 1 amide bonds. The van der Waals surface area contributed by atoms with Gasteiger partial charge in [-0.1, -0.05) is 29.8 Å². The zero-order valence-electron chi connectivity index (χ0n) is 13.0. The minimum Gasteiger partial charge on any atom is -0.335 e. The Kier molecular flexibility index (Phi) is 5.31. The molecule has 24 heavy (non-hydrogen) atoms. The maximum absolute atomic E-state index is 13.8. The van der Waals surface area contributed by atoms with Gasteiger partial charge in [0.15, 0.2) is 5.78 Å². The van der Waals surface area contributed by atoms with E-state index in [4.69, 9.17) is 11.6 Å². The largest absolute Gasteiger partial charge is 0.335 e. The molecule has 126 valence electrons. The van der Waals surface area contributed by atoms with Crippen molar-refractivity contribution in [2.45, 2.75) is 38.3 Å². The number of amides is 1. The summed E-state index contributed by atoms with van der Waals surface area (Å²) < 4.78 is 14.4. The molecule has 3 rings (SSSR count). The summed E-state index contributed by atoms with van der Waals surface area (Å²) in [6.45, 7) is 0.259. The number of thiophene rings is 1. The molecule has 0 bridgehead atoms. The molecule has 1 aromatic carbocycles. The van der Waals surface area contributed by atoms with E-state index in [0.717, 1.165) is 12.8 Å². The smallest absolute Gasteiger partial charge is 0.223 e. The van der Waals surface area contributed by atoms with Crippen molar-refractivity contribution in [1.82, 2.24) is 4.90 Å². The van der Waals surface area contributed by atoms with Crippen molar-refractivity contribution < 1.29 is 14.0 Å². The first-order valence-electron chi connectivity index (χ1n) is 7.86. The summed E-state index contributed by atoms with van der Waals surface area (Å²) in [5.41, 5.74) is 0.508. The van der Waals surface area contributed by atoms with Gasteiger partial charge in [0, 0.05) is 31.0 Å². The molecule has 2 aromatic rings. The van der Waals surface area contributed by atoms with Gasteiger partial charge in [0.05, 0.1) is 9.21 Å². The second kappa shape index (κ2) is 7.45. The van der Waals surface area contributed by atoms with Crippen molar-refractivity contribution in [3.05, 3.63) is 57.0 Å². The summed E-state index contributed by atoms with van der Waals surface area (Å²) in [7, 11) is 0. The number of Topliss-reactive ketones (excluding diaryl/α,β-unsaturated/α-hetero) is 1. The van der Waals surface area contributed by atoms with E-state index in [1.807, 2.05) is 0 Å². The minimum absolute atomic E-state index is 0.0816. The van der Waals surface area contributed by atoms with Crippen LogP contribution < -0.4 is 0 Å². The molecule has 3 nitrogen and oxygen atoms in total. The van der Waals surface area contributed by atoms with E-state index in [0.29, 0.717) is 14.8 Å². The highest BCUT2D eigenvalue weighted by molar-refractivity contribution is 7.18. The number of rotatable bonds is 7. The number of halogens is 2. The summed E-state index contributed by atoms with van der Waals surface area (Å²) in [6, 6.07) is 10.0. The highest BCUT2D eigenvalue weighted by Crippen LogP contribution is 2.30. The van der Waals surface area contributed by atoms with Crippen LogP contribution in [-0.4, -0.2) is 22.6 Å². The Hall–Kier alpha value is -1.72. The second-order valence-corrected chi connectivity index (χ2v) is 7.59. The van der Waals surface area contributed by atoms with Crippen molar-refractivity contribution >= 4 is 34.6 Å². The van der Waals surface area contributed by atoms with Crippen LogP contribution in [0.2, 0.25) is 4.34 Å². The molecule has 0 atom stereocenters. The van der Waals surface area contributed by atoms with Crippen LogP contribution in [0, 0.1) is 5.82 Å². The average molecular weight is 366 g/mol. The van der Waals surface area contributed by atoms with E-state index in [1.54, 1.807) is 35.2 Å². The minimum atomic E-state index is -0.305. The number of ketones is 1. The molecule has 1 fully saturated rings. The van der Waals surface area contributed by atoms with Crippen molar-refractivity contribution in [2.75, 3.05) is 0 Å². The number of benzene rings is 1. The van der Waals surface area contributed by atoms with Crippen molar-refractivity contribution in [3.63, 3.8) is 0 Å². The molecule has 1 aromatic heterocycles.